The van der Waals surface area contributed by atoms with Crippen molar-refractivity contribution in [3.63, 3.8) is 0 Å². The number of hydrogen-bond donors (Lipinski definition) is 1. The van der Waals surface area contributed by atoms with E-state index in [2.05, 4.69) is 5.32 Å². The quantitative estimate of drug-likeness (QED) is 0.836. The number of amides is 1. The molecule has 1 heterocycles. The van der Waals surface area contributed by atoms with Gasteiger partial charge in [-0.3, -0.25) is 9.59 Å². The Morgan fingerprint density at radius 3 is 2.06 bits per heavy atom. The summed E-state index contributed by atoms with van der Waals surface area (Å²) < 4.78 is 5.64. The van der Waals surface area contributed by atoms with Gasteiger partial charge in [-0.05, 0) is 19.8 Å². The summed E-state index contributed by atoms with van der Waals surface area (Å²) in [5.41, 5.74) is -0.413. The molecule has 104 valence electrons. The highest BCUT2D eigenvalue weighted by Gasteiger charge is 2.41. The molecule has 18 heavy (non-hydrogen) atoms. The monoisotopic (exact) mass is 255 g/mol. The lowest BCUT2D eigenvalue weighted by molar-refractivity contribution is -0.132. The molecule has 1 amide bonds. The molecule has 4 unspecified atom stereocenters. The molecule has 4 nitrogen and oxygen atoms in total. The van der Waals surface area contributed by atoms with Crippen molar-refractivity contribution >= 4 is 11.7 Å². The molecule has 0 radical (unpaired) electrons. The van der Waals surface area contributed by atoms with Crippen LogP contribution in [0.2, 0.25) is 0 Å². The highest BCUT2D eigenvalue weighted by atomic mass is 16.5. The second kappa shape index (κ2) is 5.39. The zero-order chi connectivity index (χ0) is 14.1. The third kappa shape index (κ3) is 3.31. The summed E-state index contributed by atoms with van der Waals surface area (Å²) in [6.45, 7) is 11.6. The first-order valence-corrected chi connectivity index (χ1v) is 6.61. The van der Waals surface area contributed by atoms with Crippen molar-refractivity contribution in [1.82, 2.24) is 5.32 Å². The minimum Gasteiger partial charge on any atom is -0.374 e. The molecule has 1 rings (SSSR count). The second-order valence-electron chi connectivity index (χ2n) is 6.32. The number of hydrogen-bond acceptors (Lipinski definition) is 3. The smallest absolute Gasteiger partial charge is 0.226 e. The van der Waals surface area contributed by atoms with E-state index >= 15 is 0 Å². The largest absolute Gasteiger partial charge is 0.374 e. The molecule has 4 atom stereocenters. The third-order valence-electron chi connectivity index (χ3n) is 3.80. The Bertz CT molecular complexity index is 332. The van der Waals surface area contributed by atoms with Crippen LogP contribution in [0.3, 0.4) is 0 Å². The van der Waals surface area contributed by atoms with Crippen molar-refractivity contribution in [1.29, 1.82) is 0 Å². The highest BCUT2D eigenvalue weighted by molar-refractivity contribution is 5.90. The predicted molar refractivity (Wildman–Crippen MR) is 70.1 cm³/mol. The molecule has 1 N–H and O–H groups in total. The SMILES string of the molecule is CC1OC(C)C(C(=O)NCC(=O)C(C)(C)C)C1C. The lowest BCUT2D eigenvalue weighted by atomic mass is 9.88. The number of ketones is 1. The summed E-state index contributed by atoms with van der Waals surface area (Å²) in [4.78, 5) is 23.9. The molecule has 0 aromatic heterocycles. The predicted octanol–water partition coefficient (Wildman–Crippen LogP) is 1.78. The van der Waals surface area contributed by atoms with Gasteiger partial charge >= 0.3 is 0 Å². The molecular formula is C14H25NO3. The average molecular weight is 255 g/mol. The number of Topliss-reactive ketones (excluding diaryl/α,β-unsaturated/α-hetero) is 1. The molecule has 0 bridgehead atoms. The number of carbonyl (C=O) groups is 2. The van der Waals surface area contributed by atoms with E-state index in [-0.39, 0.29) is 42.3 Å². The fourth-order valence-corrected chi connectivity index (χ4v) is 2.27. The fraction of sp³-hybridized carbons (Fsp3) is 0.857. The maximum absolute atomic E-state index is 12.1. The molecule has 0 spiro atoms. The van der Waals surface area contributed by atoms with Gasteiger partial charge in [0.15, 0.2) is 5.78 Å². The lowest BCUT2D eigenvalue weighted by Crippen LogP contribution is -2.42. The van der Waals surface area contributed by atoms with Crippen molar-refractivity contribution in [2.45, 2.75) is 53.8 Å². The highest BCUT2D eigenvalue weighted by Crippen LogP contribution is 2.32. The minimum atomic E-state index is -0.413. The van der Waals surface area contributed by atoms with Crippen LogP contribution in [0.5, 0.6) is 0 Å². The van der Waals surface area contributed by atoms with Crippen LogP contribution < -0.4 is 5.32 Å². The third-order valence-corrected chi connectivity index (χ3v) is 3.80. The van der Waals surface area contributed by atoms with E-state index in [4.69, 9.17) is 4.74 Å². The van der Waals surface area contributed by atoms with Crippen LogP contribution in [0.25, 0.3) is 0 Å². The van der Waals surface area contributed by atoms with Gasteiger partial charge in [-0.2, -0.15) is 0 Å². The maximum atomic E-state index is 12.1. The summed E-state index contributed by atoms with van der Waals surface area (Å²) in [7, 11) is 0. The number of rotatable bonds is 3. The Hall–Kier alpha value is -0.900. The molecule has 1 aliphatic rings. The maximum Gasteiger partial charge on any atom is 0.226 e. The molecule has 1 aliphatic heterocycles. The van der Waals surface area contributed by atoms with E-state index in [1.165, 1.54) is 0 Å². The van der Waals surface area contributed by atoms with Crippen molar-refractivity contribution in [3.05, 3.63) is 0 Å². The number of carbonyl (C=O) groups excluding carboxylic acids is 2. The Kier molecular flexibility index (Phi) is 4.54. The molecule has 0 saturated carbocycles. The van der Waals surface area contributed by atoms with Gasteiger partial charge in [0.2, 0.25) is 5.91 Å². The molecule has 4 heteroatoms. The van der Waals surface area contributed by atoms with E-state index in [9.17, 15) is 9.59 Å². The zero-order valence-electron chi connectivity index (χ0n) is 12.2. The molecular weight excluding hydrogens is 230 g/mol. The van der Waals surface area contributed by atoms with Crippen molar-refractivity contribution in [2.75, 3.05) is 6.54 Å². The van der Waals surface area contributed by atoms with Crippen LogP contribution in [-0.2, 0) is 14.3 Å². The van der Waals surface area contributed by atoms with Crippen LogP contribution in [0, 0.1) is 17.3 Å². The first kappa shape index (κ1) is 15.2. The zero-order valence-corrected chi connectivity index (χ0v) is 12.2. The van der Waals surface area contributed by atoms with Gasteiger partial charge in [-0.25, -0.2) is 0 Å². The van der Waals surface area contributed by atoms with Gasteiger partial charge in [0.05, 0.1) is 24.7 Å². The van der Waals surface area contributed by atoms with Crippen LogP contribution in [-0.4, -0.2) is 30.4 Å². The molecule has 1 fully saturated rings. The van der Waals surface area contributed by atoms with E-state index in [1.807, 2.05) is 41.5 Å². The van der Waals surface area contributed by atoms with E-state index < -0.39 is 5.41 Å². The molecule has 1 saturated heterocycles. The summed E-state index contributed by atoms with van der Waals surface area (Å²) >= 11 is 0. The summed E-state index contributed by atoms with van der Waals surface area (Å²) in [5.74, 6) is -0.00224. The van der Waals surface area contributed by atoms with E-state index in [1.54, 1.807) is 0 Å². The lowest BCUT2D eigenvalue weighted by Gasteiger charge is -2.20. The Morgan fingerprint density at radius 2 is 1.67 bits per heavy atom. The number of ether oxygens (including phenoxy) is 1. The van der Waals surface area contributed by atoms with Gasteiger partial charge in [0, 0.05) is 5.41 Å². The van der Waals surface area contributed by atoms with Crippen molar-refractivity contribution in [2.24, 2.45) is 17.3 Å². The van der Waals surface area contributed by atoms with Crippen LogP contribution in [0.15, 0.2) is 0 Å². The number of nitrogens with one attached hydrogen (secondary N) is 1. The summed E-state index contributed by atoms with van der Waals surface area (Å²) in [6, 6.07) is 0. The topological polar surface area (TPSA) is 55.4 Å². The normalized spacial score (nSPS) is 32.3. The van der Waals surface area contributed by atoms with Gasteiger partial charge < -0.3 is 10.1 Å². The molecule has 0 aromatic carbocycles. The van der Waals surface area contributed by atoms with E-state index in [0.29, 0.717) is 0 Å². The standard InChI is InChI=1S/C14H25NO3/c1-8-9(2)18-10(3)12(8)13(17)15-7-11(16)14(4,5)6/h8-10,12H,7H2,1-6H3,(H,15,17). The fourth-order valence-electron chi connectivity index (χ4n) is 2.27. The van der Waals surface area contributed by atoms with Gasteiger partial charge in [-0.15, -0.1) is 0 Å². The minimum absolute atomic E-state index is 0.0446. The first-order valence-electron chi connectivity index (χ1n) is 6.61. The van der Waals surface area contributed by atoms with E-state index in [0.717, 1.165) is 0 Å². The Balaban J connectivity index is 2.54. The van der Waals surface area contributed by atoms with Crippen molar-refractivity contribution < 1.29 is 14.3 Å². The Labute approximate surface area is 109 Å². The van der Waals surface area contributed by atoms with Gasteiger partial charge in [-0.1, -0.05) is 27.7 Å². The first-order chi connectivity index (χ1) is 8.14. The molecule has 0 aromatic rings. The second-order valence-corrected chi connectivity index (χ2v) is 6.32. The summed E-state index contributed by atoms with van der Waals surface area (Å²) in [6.07, 6.45) is 0.00815. The van der Waals surface area contributed by atoms with Crippen LogP contribution in [0.1, 0.15) is 41.5 Å². The summed E-state index contributed by atoms with van der Waals surface area (Å²) in [5, 5.41) is 2.74. The van der Waals surface area contributed by atoms with Crippen LogP contribution in [0.4, 0.5) is 0 Å². The van der Waals surface area contributed by atoms with Gasteiger partial charge in [0.25, 0.3) is 0 Å². The van der Waals surface area contributed by atoms with Crippen molar-refractivity contribution in [3.8, 4) is 0 Å². The van der Waals surface area contributed by atoms with Crippen LogP contribution >= 0.6 is 0 Å². The molecule has 0 aliphatic carbocycles. The average Bonchev–Trinajstić information content (AvgIpc) is 2.48. The van der Waals surface area contributed by atoms with Gasteiger partial charge in [0.1, 0.15) is 0 Å². The Morgan fingerprint density at radius 1 is 1.11 bits per heavy atom.